The van der Waals surface area contributed by atoms with Gasteiger partial charge in [0.05, 0.1) is 18.5 Å². The molecule has 1 aliphatic heterocycles. The molecule has 148 valence electrons. The summed E-state index contributed by atoms with van der Waals surface area (Å²) < 4.78 is 6.95. The van der Waals surface area contributed by atoms with Crippen LogP contribution >= 0.6 is 0 Å². The number of ether oxygens (including phenoxy) is 1. The van der Waals surface area contributed by atoms with E-state index in [1.165, 1.54) is 0 Å². The number of para-hydroxylation sites is 1. The van der Waals surface area contributed by atoms with Crippen molar-refractivity contribution >= 4 is 28.5 Å². The Balaban J connectivity index is 1.58. The molecule has 6 nitrogen and oxygen atoms in total. The fourth-order valence-corrected chi connectivity index (χ4v) is 3.86. The van der Waals surface area contributed by atoms with Gasteiger partial charge in [0.15, 0.2) is 0 Å². The monoisotopic (exact) mass is 390 g/mol. The minimum Gasteiger partial charge on any atom is -0.466 e. The maximum atomic E-state index is 12.9. The molecule has 0 radical (unpaired) electrons. The van der Waals surface area contributed by atoms with Crippen molar-refractivity contribution in [2.24, 2.45) is 0 Å². The molecule has 4 rings (SSSR count). The molecule has 0 saturated heterocycles. The largest absolute Gasteiger partial charge is 0.466 e. The van der Waals surface area contributed by atoms with E-state index in [9.17, 15) is 14.4 Å². The van der Waals surface area contributed by atoms with E-state index in [1.54, 1.807) is 43.5 Å². The standard InChI is InChI=1S/C23H22N2O4/c1-3-29-20(26)12-15-7-9-17(10-8-15)24-23(28)19-13-25-14(2)11-16-5-4-6-18(21(16)25)22(19)27/h4-10,13-14H,3,11-12H2,1-2H3,(H,24,28). The van der Waals surface area contributed by atoms with E-state index in [1.807, 2.05) is 16.7 Å². The van der Waals surface area contributed by atoms with Crippen LogP contribution in [-0.4, -0.2) is 23.1 Å². The summed E-state index contributed by atoms with van der Waals surface area (Å²) in [5, 5.41) is 3.36. The lowest BCUT2D eigenvalue weighted by atomic mass is 10.1. The Morgan fingerprint density at radius 3 is 2.66 bits per heavy atom. The van der Waals surface area contributed by atoms with E-state index < -0.39 is 5.91 Å². The van der Waals surface area contributed by atoms with Gasteiger partial charge in [-0.1, -0.05) is 24.3 Å². The second-order valence-electron chi connectivity index (χ2n) is 7.28. The molecule has 1 unspecified atom stereocenters. The normalized spacial score (nSPS) is 14.8. The van der Waals surface area contributed by atoms with E-state index in [4.69, 9.17) is 4.74 Å². The molecule has 1 aliphatic rings. The Bertz CT molecular complexity index is 1160. The van der Waals surface area contributed by atoms with Crippen molar-refractivity contribution in [1.82, 2.24) is 4.57 Å². The highest BCUT2D eigenvalue weighted by molar-refractivity contribution is 6.06. The molecular weight excluding hydrogens is 368 g/mol. The van der Waals surface area contributed by atoms with Gasteiger partial charge in [0, 0.05) is 23.3 Å². The summed E-state index contributed by atoms with van der Waals surface area (Å²) >= 11 is 0. The number of rotatable bonds is 5. The number of nitrogens with one attached hydrogen (secondary N) is 1. The van der Waals surface area contributed by atoms with Crippen LogP contribution < -0.4 is 10.7 Å². The van der Waals surface area contributed by atoms with Crippen LogP contribution in [0.2, 0.25) is 0 Å². The zero-order valence-electron chi connectivity index (χ0n) is 16.4. The van der Waals surface area contributed by atoms with Gasteiger partial charge in [-0.05, 0) is 49.6 Å². The number of nitrogens with zero attached hydrogens (tertiary/aromatic N) is 1. The van der Waals surface area contributed by atoms with Gasteiger partial charge in [-0.25, -0.2) is 0 Å². The Morgan fingerprint density at radius 1 is 1.17 bits per heavy atom. The van der Waals surface area contributed by atoms with Gasteiger partial charge >= 0.3 is 5.97 Å². The number of amides is 1. The maximum absolute atomic E-state index is 12.9. The van der Waals surface area contributed by atoms with Gasteiger partial charge in [-0.2, -0.15) is 0 Å². The van der Waals surface area contributed by atoms with E-state index in [-0.39, 0.29) is 29.4 Å². The van der Waals surface area contributed by atoms with Crippen LogP contribution in [0.25, 0.3) is 10.9 Å². The molecule has 1 atom stereocenters. The van der Waals surface area contributed by atoms with Crippen molar-refractivity contribution in [3.05, 3.63) is 75.6 Å². The van der Waals surface area contributed by atoms with Crippen LogP contribution in [-0.2, 0) is 22.4 Å². The molecule has 0 bridgehead atoms. The number of hydrogen-bond donors (Lipinski definition) is 1. The third-order valence-corrected chi connectivity index (χ3v) is 5.24. The van der Waals surface area contributed by atoms with E-state index in [2.05, 4.69) is 12.2 Å². The molecule has 6 heteroatoms. The SMILES string of the molecule is CCOC(=O)Cc1ccc(NC(=O)c2cn3c4c(cccc4c2=O)CC3C)cc1. The number of benzene rings is 2. The van der Waals surface area contributed by atoms with Crippen LogP contribution in [0.4, 0.5) is 5.69 Å². The van der Waals surface area contributed by atoms with Crippen molar-refractivity contribution in [2.75, 3.05) is 11.9 Å². The molecule has 2 aromatic carbocycles. The van der Waals surface area contributed by atoms with Crippen LogP contribution in [0.1, 0.15) is 41.4 Å². The summed E-state index contributed by atoms with van der Waals surface area (Å²) in [6, 6.07) is 12.8. The third kappa shape index (κ3) is 3.53. The second kappa shape index (κ2) is 7.54. The number of carbonyl (C=O) groups excluding carboxylic acids is 2. The Labute approximate surface area is 168 Å². The lowest BCUT2D eigenvalue weighted by Gasteiger charge is -2.13. The average Bonchev–Trinajstić information content (AvgIpc) is 3.02. The quantitative estimate of drug-likeness (QED) is 0.677. The third-order valence-electron chi connectivity index (χ3n) is 5.24. The zero-order valence-corrected chi connectivity index (χ0v) is 16.4. The van der Waals surface area contributed by atoms with E-state index in [0.717, 1.165) is 23.1 Å². The number of aromatic nitrogens is 1. The number of hydrogen-bond acceptors (Lipinski definition) is 4. The molecule has 29 heavy (non-hydrogen) atoms. The highest BCUT2D eigenvalue weighted by atomic mass is 16.5. The van der Waals surface area contributed by atoms with Crippen molar-refractivity contribution in [3.63, 3.8) is 0 Å². The first-order valence-corrected chi connectivity index (χ1v) is 9.70. The molecule has 1 amide bonds. The Kier molecular flexibility index (Phi) is 4.92. The zero-order chi connectivity index (χ0) is 20.5. The summed E-state index contributed by atoms with van der Waals surface area (Å²) in [7, 11) is 0. The second-order valence-corrected chi connectivity index (χ2v) is 7.28. The molecule has 1 N–H and O–H groups in total. The lowest BCUT2D eigenvalue weighted by Crippen LogP contribution is -2.23. The molecule has 2 heterocycles. The number of esters is 1. The van der Waals surface area contributed by atoms with Crippen LogP contribution in [0.3, 0.4) is 0 Å². The highest BCUT2D eigenvalue weighted by Gasteiger charge is 2.24. The smallest absolute Gasteiger partial charge is 0.310 e. The first kappa shape index (κ1) is 18.9. The lowest BCUT2D eigenvalue weighted by molar-refractivity contribution is -0.142. The predicted octanol–water partition coefficient (Wildman–Crippen LogP) is 3.48. The van der Waals surface area contributed by atoms with Gasteiger partial charge in [0.25, 0.3) is 5.91 Å². The fourth-order valence-electron chi connectivity index (χ4n) is 3.86. The number of anilines is 1. The van der Waals surface area contributed by atoms with Crippen molar-refractivity contribution in [3.8, 4) is 0 Å². The van der Waals surface area contributed by atoms with Crippen molar-refractivity contribution in [1.29, 1.82) is 0 Å². The average molecular weight is 390 g/mol. The van der Waals surface area contributed by atoms with Gasteiger partial charge in [0.1, 0.15) is 5.56 Å². The summed E-state index contributed by atoms with van der Waals surface area (Å²) in [5.74, 6) is -0.733. The minimum atomic E-state index is -0.441. The first-order valence-electron chi connectivity index (χ1n) is 9.70. The molecule has 0 fully saturated rings. The molecule has 3 aromatic rings. The van der Waals surface area contributed by atoms with Gasteiger partial charge < -0.3 is 14.6 Å². The van der Waals surface area contributed by atoms with Crippen LogP contribution in [0, 0.1) is 0 Å². The summed E-state index contributed by atoms with van der Waals surface area (Å²) in [5.41, 5.74) is 3.27. The minimum absolute atomic E-state index is 0.124. The molecule has 0 spiro atoms. The van der Waals surface area contributed by atoms with Crippen LogP contribution in [0.5, 0.6) is 0 Å². The van der Waals surface area contributed by atoms with E-state index in [0.29, 0.717) is 17.7 Å². The number of carbonyl (C=O) groups is 2. The summed E-state index contributed by atoms with van der Waals surface area (Å²) in [4.78, 5) is 37.3. The highest BCUT2D eigenvalue weighted by Crippen LogP contribution is 2.31. The molecular formula is C23H22N2O4. The van der Waals surface area contributed by atoms with Crippen molar-refractivity contribution in [2.45, 2.75) is 32.7 Å². The van der Waals surface area contributed by atoms with Crippen molar-refractivity contribution < 1.29 is 14.3 Å². The molecule has 1 aromatic heterocycles. The molecule has 0 saturated carbocycles. The Hall–Kier alpha value is -3.41. The fraction of sp³-hybridized carbons (Fsp3) is 0.261. The first-order chi connectivity index (χ1) is 14.0. The number of pyridine rings is 1. The van der Waals surface area contributed by atoms with Crippen LogP contribution in [0.15, 0.2) is 53.5 Å². The van der Waals surface area contributed by atoms with E-state index >= 15 is 0 Å². The predicted molar refractivity (Wildman–Crippen MR) is 111 cm³/mol. The van der Waals surface area contributed by atoms with Gasteiger partial charge in [-0.3, -0.25) is 14.4 Å². The maximum Gasteiger partial charge on any atom is 0.310 e. The topological polar surface area (TPSA) is 77.4 Å². The molecule has 0 aliphatic carbocycles. The van der Waals surface area contributed by atoms with Gasteiger partial charge in [0.2, 0.25) is 5.43 Å². The van der Waals surface area contributed by atoms with Gasteiger partial charge in [-0.15, -0.1) is 0 Å². The Morgan fingerprint density at radius 2 is 1.93 bits per heavy atom. The summed E-state index contributed by atoms with van der Waals surface area (Å²) in [6.45, 7) is 4.18. The summed E-state index contributed by atoms with van der Waals surface area (Å²) in [6.07, 6.45) is 2.69.